The van der Waals surface area contributed by atoms with E-state index in [0.717, 1.165) is 24.8 Å². The Labute approximate surface area is 132 Å². The van der Waals surface area contributed by atoms with Crippen molar-refractivity contribution in [2.45, 2.75) is 38.6 Å². The molecule has 1 aromatic carbocycles. The van der Waals surface area contributed by atoms with E-state index < -0.39 is 0 Å². The molecule has 0 radical (unpaired) electrons. The molecule has 5 heteroatoms. The fourth-order valence-corrected chi connectivity index (χ4v) is 3.15. The third-order valence-corrected chi connectivity index (χ3v) is 4.50. The molecule has 22 heavy (non-hydrogen) atoms. The first-order valence-corrected chi connectivity index (χ1v) is 7.84. The van der Waals surface area contributed by atoms with Crippen LogP contribution >= 0.6 is 0 Å². The smallest absolute Gasteiger partial charge is 0.251 e. The van der Waals surface area contributed by atoms with Crippen LogP contribution in [0.3, 0.4) is 0 Å². The zero-order valence-electron chi connectivity index (χ0n) is 13.6. The largest absolute Gasteiger partial charge is 0.493 e. The van der Waals surface area contributed by atoms with Crippen molar-refractivity contribution in [2.75, 3.05) is 20.8 Å². The van der Waals surface area contributed by atoms with Crippen LogP contribution in [0.4, 0.5) is 0 Å². The lowest BCUT2D eigenvalue weighted by Crippen LogP contribution is -2.44. The van der Waals surface area contributed by atoms with E-state index in [1.54, 1.807) is 20.3 Å². The first kappa shape index (κ1) is 16.6. The Morgan fingerprint density at radius 3 is 2.50 bits per heavy atom. The monoisotopic (exact) mass is 306 g/mol. The number of nitrogens with one attached hydrogen (secondary N) is 1. The van der Waals surface area contributed by atoms with Gasteiger partial charge in [0.05, 0.1) is 14.2 Å². The summed E-state index contributed by atoms with van der Waals surface area (Å²) >= 11 is 0. The van der Waals surface area contributed by atoms with Crippen LogP contribution in [0.1, 0.15) is 41.6 Å². The molecule has 0 heterocycles. The van der Waals surface area contributed by atoms with Crippen molar-refractivity contribution in [1.82, 2.24) is 5.32 Å². The van der Waals surface area contributed by atoms with Crippen molar-refractivity contribution in [3.05, 3.63) is 23.3 Å². The van der Waals surface area contributed by atoms with Crippen LogP contribution in [0.2, 0.25) is 0 Å². The predicted molar refractivity (Wildman–Crippen MR) is 86.5 cm³/mol. The quantitative estimate of drug-likeness (QED) is 0.875. The van der Waals surface area contributed by atoms with Gasteiger partial charge in [0.25, 0.3) is 5.91 Å². The summed E-state index contributed by atoms with van der Waals surface area (Å²) in [6.45, 7) is 2.52. The van der Waals surface area contributed by atoms with Gasteiger partial charge in [-0.05, 0) is 49.9 Å². The van der Waals surface area contributed by atoms with Gasteiger partial charge in [-0.25, -0.2) is 0 Å². The zero-order valence-corrected chi connectivity index (χ0v) is 13.6. The van der Waals surface area contributed by atoms with Crippen LogP contribution in [0, 0.1) is 12.8 Å². The first-order chi connectivity index (χ1) is 10.6. The van der Waals surface area contributed by atoms with E-state index in [1.165, 1.54) is 6.42 Å². The second-order valence-electron chi connectivity index (χ2n) is 5.88. The summed E-state index contributed by atoms with van der Waals surface area (Å²) in [6.07, 6.45) is 4.43. The van der Waals surface area contributed by atoms with Gasteiger partial charge in [0.1, 0.15) is 0 Å². The topological polar surface area (TPSA) is 73.6 Å². The molecule has 2 rings (SSSR count). The van der Waals surface area contributed by atoms with Crippen LogP contribution in [-0.4, -0.2) is 32.7 Å². The van der Waals surface area contributed by atoms with Gasteiger partial charge < -0.3 is 20.5 Å². The van der Waals surface area contributed by atoms with E-state index >= 15 is 0 Å². The van der Waals surface area contributed by atoms with Gasteiger partial charge >= 0.3 is 0 Å². The summed E-state index contributed by atoms with van der Waals surface area (Å²) in [5.74, 6) is 1.51. The summed E-state index contributed by atoms with van der Waals surface area (Å²) in [4.78, 5) is 12.6. The molecule has 1 aliphatic rings. The Balaban J connectivity index is 2.18. The van der Waals surface area contributed by atoms with Crippen molar-refractivity contribution < 1.29 is 14.3 Å². The van der Waals surface area contributed by atoms with Gasteiger partial charge in [-0.2, -0.15) is 0 Å². The third kappa shape index (κ3) is 3.53. The number of carbonyl (C=O) groups is 1. The number of methoxy groups -OCH3 is 2. The number of hydrogen-bond acceptors (Lipinski definition) is 4. The van der Waals surface area contributed by atoms with Gasteiger partial charge in [-0.3, -0.25) is 4.79 Å². The molecule has 0 saturated heterocycles. The number of nitrogens with two attached hydrogens (primary N) is 1. The number of aryl methyl sites for hydroxylation is 1. The molecule has 1 fully saturated rings. The lowest BCUT2D eigenvalue weighted by Gasteiger charge is -2.31. The number of rotatable bonds is 5. The van der Waals surface area contributed by atoms with Gasteiger partial charge in [0.2, 0.25) is 0 Å². The normalized spacial score (nSPS) is 21.3. The number of benzene rings is 1. The molecule has 0 spiro atoms. The minimum Gasteiger partial charge on any atom is -0.493 e. The molecule has 122 valence electrons. The molecule has 1 saturated carbocycles. The molecule has 1 aromatic rings. The van der Waals surface area contributed by atoms with E-state index in [-0.39, 0.29) is 11.9 Å². The lowest BCUT2D eigenvalue weighted by molar-refractivity contribution is 0.0907. The van der Waals surface area contributed by atoms with Crippen molar-refractivity contribution in [1.29, 1.82) is 0 Å². The summed E-state index contributed by atoms with van der Waals surface area (Å²) in [5.41, 5.74) is 7.33. The highest BCUT2D eigenvalue weighted by atomic mass is 16.5. The zero-order chi connectivity index (χ0) is 16.1. The molecule has 0 aromatic heterocycles. The van der Waals surface area contributed by atoms with E-state index in [9.17, 15) is 4.79 Å². The second-order valence-corrected chi connectivity index (χ2v) is 5.88. The van der Waals surface area contributed by atoms with Crippen LogP contribution in [-0.2, 0) is 0 Å². The van der Waals surface area contributed by atoms with E-state index in [4.69, 9.17) is 15.2 Å². The van der Waals surface area contributed by atoms with Crippen LogP contribution in [0.5, 0.6) is 11.5 Å². The Kier molecular flexibility index (Phi) is 5.66. The number of amides is 1. The Morgan fingerprint density at radius 1 is 1.23 bits per heavy atom. The van der Waals surface area contributed by atoms with Crippen LogP contribution < -0.4 is 20.5 Å². The van der Waals surface area contributed by atoms with E-state index in [2.05, 4.69) is 5.32 Å². The van der Waals surface area contributed by atoms with Gasteiger partial charge in [-0.1, -0.05) is 12.8 Å². The summed E-state index contributed by atoms with van der Waals surface area (Å²) in [5, 5.41) is 3.15. The van der Waals surface area contributed by atoms with Crippen molar-refractivity contribution in [3.8, 4) is 11.5 Å². The molecule has 0 bridgehead atoms. The minimum atomic E-state index is -0.0659. The number of hydrogen-bond donors (Lipinski definition) is 2. The van der Waals surface area contributed by atoms with E-state index in [1.807, 2.05) is 13.0 Å². The minimum absolute atomic E-state index is 0.0659. The van der Waals surface area contributed by atoms with Gasteiger partial charge in [0, 0.05) is 11.6 Å². The molecule has 0 aliphatic heterocycles. The summed E-state index contributed by atoms with van der Waals surface area (Å²) in [6, 6.07) is 3.73. The highest BCUT2D eigenvalue weighted by Gasteiger charge is 2.26. The van der Waals surface area contributed by atoms with Crippen LogP contribution in [0.25, 0.3) is 0 Å². The number of ether oxygens (including phenoxy) is 2. The predicted octanol–water partition coefficient (Wildman–Crippen LogP) is 2.26. The van der Waals surface area contributed by atoms with Crippen LogP contribution in [0.15, 0.2) is 12.1 Å². The molecular weight excluding hydrogens is 280 g/mol. The Morgan fingerprint density at radius 2 is 1.86 bits per heavy atom. The van der Waals surface area contributed by atoms with Crippen molar-refractivity contribution in [3.63, 3.8) is 0 Å². The highest BCUT2D eigenvalue weighted by molar-refractivity contribution is 5.96. The second kappa shape index (κ2) is 7.49. The van der Waals surface area contributed by atoms with Gasteiger partial charge in [-0.15, -0.1) is 0 Å². The van der Waals surface area contributed by atoms with Gasteiger partial charge in [0.15, 0.2) is 11.5 Å². The summed E-state index contributed by atoms with van der Waals surface area (Å²) in [7, 11) is 3.16. The average Bonchev–Trinajstić information content (AvgIpc) is 2.54. The molecule has 2 unspecified atom stereocenters. The standard InChI is InChI=1S/C17H26N2O3/c1-11-8-15(21-2)16(22-3)9-13(11)17(20)19-14-7-5-4-6-12(14)10-18/h8-9,12,14H,4-7,10,18H2,1-3H3,(H,19,20). The third-order valence-electron chi connectivity index (χ3n) is 4.50. The molecule has 3 N–H and O–H groups in total. The van der Waals surface area contributed by atoms with E-state index in [0.29, 0.717) is 29.5 Å². The maximum absolute atomic E-state index is 12.6. The highest BCUT2D eigenvalue weighted by Crippen LogP contribution is 2.31. The lowest BCUT2D eigenvalue weighted by atomic mass is 9.84. The first-order valence-electron chi connectivity index (χ1n) is 7.84. The molecule has 1 aliphatic carbocycles. The average molecular weight is 306 g/mol. The Bertz CT molecular complexity index is 531. The SMILES string of the molecule is COc1cc(C)c(C(=O)NC2CCCCC2CN)cc1OC. The molecular formula is C17H26N2O3. The molecule has 1 amide bonds. The fraction of sp³-hybridized carbons (Fsp3) is 0.588. The molecule has 2 atom stereocenters. The molecule has 5 nitrogen and oxygen atoms in total. The maximum atomic E-state index is 12.6. The van der Waals surface area contributed by atoms with Crippen molar-refractivity contribution in [2.24, 2.45) is 11.7 Å². The fourth-order valence-electron chi connectivity index (χ4n) is 3.15. The number of carbonyl (C=O) groups excluding carboxylic acids is 1. The summed E-state index contributed by atoms with van der Waals surface area (Å²) < 4.78 is 10.6. The maximum Gasteiger partial charge on any atom is 0.251 e. The van der Waals surface area contributed by atoms with Crippen molar-refractivity contribution >= 4 is 5.91 Å². The Hall–Kier alpha value is -1.75.